The van der Waals surface area contributed by atoms with Crippen LogP contribution >= 0.6 is 0 Å². The zero-order chi connectivity index (χ0) is 30.7. The van der Waals surface area contributed by atoms with Crippen LogP contribution in [0.2, 0.25) is 18.1 Å². The summed E-state index contributed by atoms with van der Waals surface area (Å²) in [5.41, 5.74) is 5.22. The smallest absolute Gasteiger partial charge is 0.413 e. The number of aliphatic hydroxyl groups excluding tert-OH is 1. The molecule has 2 unspecified atom stereocenters. The molecule has 0 spiro atoms. The molecular weight excluding hydrogens is 551 g/mol. The molecule has 42 heavy (non-hydrogen) atoms. The van der Waals surface area contributed by atoms with Gasteiger partial charge in [0.25, 0.3) is 0 Å². The van der Waals surface area contributed by atoms with Crippen molar-refractivity contribution < 1.29 is 22.7 Å². The molecule has 1 aromatic heterocycles. The normalized spacial score (nSPS) is 23.8. The van der Waals surface area contributed by atoms with Gasteiger partial charge in [0.15, 0.2) is 8.32 Å². The zero-order valence-corrected chi connectivity index (χ0v) is 27.4. The molecule has 0 amide bonds. The molecule has 1 heterocycles. The molecule has 1 saturated carbocycles. The van der Waals surface area contributed by atoms with E-state index in [1.54, 1.807) is 0 Å². The number of nitrogens with zero attached hydrogens (tertiary/aromatic N) is 1. The topological polar surface area (TPSA) is 42.4 Å². The van der Waals surface area contributed by atoms with Crippen molar-refractivity contribution in [2.24, 2.45) is 5.41 Å². The first kappa shape index (κ1) is 31.5. The maximum atomic E-state index is 13.4. The number of pyridine rings is 1. The third kappa shape index (κ3) is 6.16. The molecule has 3 nitrogen and oxygen atoms in total. The first-order valence-electron chi connectivity index (χ1n) is 15.7. The van der Waals surface area contributed by atoms with Gasteiger partial charge in [-0.15, -0.1) is 0 Å². The summed E-state index contributed by atoms with van der Waals surface area (Å²) in [6.45, 7) is 15.9. The fourth-order valence-electron chi connectivity index (χ4n) is 6.98. The monoisotopic (exact) mass is 599 g/mol. The summed E-state index contributed by atoms with van der Waals surface area (Å²) in [7, 11) is -2.10. The Kier molecular flexibility index (Phi) is 8.38. The Hall–Kier alpha value is -1.96. The Balaban J connectivity index is 1.69. The van der Waals surface area contributed by atoms with Gasteiger partial charge in [-0.1, -0.05) is 71.7 Å². The molecule has 1 aromatic carbocycles. The van der Waals surface area contributed by atoms with Crippen molar-refractivity contribution in [3.05, 3.63) is 75.6 Å². The minimum absolute atomic E-state index is 0.0467. The highest BCUT2D eigenvalue weighted by atomic mass is 28.4. The molecule has 0 saturated heterocycles. The van der Waals surface area contributed by atoms with Crippen molar-refractivity contribution in [2.75, 3.05) is 0 Å². The van der Waals surface area contributed by atoms with Crippen LogP contribution in [-0.4, -0.2) is 24.5 Å². The fourth-order valence-corrected chi connectivity index (χ4v) is 8.33. The largest absolute Gasteiger partial charge is 0.416 e. The van der Waals surface area contributed by atoms with Crippen LogP contribution in [0.3, 0.4) is 0 Å². The average Bonchev–Trinajstić information content (AvgIpc) is 3.58. The summed E-state index contributed by atoms with van der Waals surface area (Å²) in [4.78, 5) is 5.41. The zero-order valence-electron chi connectivity index (χ0n) is 26.4. The molecule has 1 N–H and O–H groups in total. The highest BCUT2D eigenvalue weighted by Crippen LogP contribution is 2.49. The van der Waals surface area contributed by atoms with Gasteiger partial charge in [-0.05, 0) is 96.8 Å². The maximum Gasteiger partial charge on any atom is 0.416 e. The van der Waals surface area contributed by atoms with Crippen LogP contribution in [0.1, 0.15) is 130 Å². The van der Waals surface area contributed by atoms with E-state index in [1.807, 2.05) is 0 Å². The molecule has 3 aliphatic carbocycles. The molecule has 0 bridgehead atoms. The molecule has 0 aliphatic heterocycles. The number of alkyl halides is 3. The first-order valence-corrected chi connectivity index (χ1v) is 18.6. The number of halogens is 3. The van der Waals surface area contributed by atoms with Crippen LogP contribution in [-0.2, 0) is 23.4 Å². The SMILES string of the molecule is CC1(C)CCc2c(nc([C@@H]3C=CCC3O[Si](C)(C)C(C)(C)C)c(C(O)c3ccc(C(F)(F)F)cc3)c2C2CCCC2)C1. The van der Waals surface area contributed by atoms with Gasteiger partial charge in [0.1, 0.15) is 6.10 Å². The second-order valence-electron chi connectivity index (χ2n) is 15.2. The number of aliphatic hydroxyl groups is 1. The maximum absolute atomic E-state index is 13.4. The number of fused-ring (bicyclic) bond motifs is 1. The van der Waals surface area contributed by atoms with E-state index in [9.17, 15) is 18.3 Å². The van der Waals surface area contributed by atoms with E-state index in [0.717, 1.165) is 80.5 Å². The van der Waals surface area contributed by atoms with Gasteiger partial charge >= 0.3 is 6.18 Å². The van der Waals surface area contributed by atoms with E-state index in [4.69, 9.17) is 9.41 Å². The van der Waals surface area contributed by atoms with E-state index in [0.29, 0.717) is 11.5 Å². The van der Waals surface area contributed by atoms with Crippen molar-refractivity contribution in [2.45, 2.75) is 134 Å². The lowest BCUT2D eigenvalue weighted by atomic mass is 9.71. The number of aromatic nitrogens is 1. The van der Waals surface area contributed by atoms with Crippen molar-refractivity contribution in [3.63, 3.8) is 0 Å². The van der Waals surface area contributed by atoms with Gasteiger partial charge in [-0.25, -0.2) is 0 Å². The fraction of sp³-hybridized carbons (Fsp3) is 0.629. The van der Waals surface area contributed by atoms with Gasteiger partial charge in [0.2, 0.25) is 0 Å². The van der Waals surface area contributed by atoms with Gasteiger partial charge in [-0.2, -0.15) is 13.2 Å². The molecule has 3 aliphatic rings. The van der Waals surface area contributed by atoms with Crippen molar-refractivity contribution in [3.8, 4) is 0 Å². The minimum atomic E-state index is -4.42. The lowest BCUT2D eigenvalue weighted by Crippen LogP contribution is -2.44. The van der Waals surface area contributed by atoms with E-state index < -0.39 is 26.2 Å². The van der Waals surface area contributed by atoms with Gasteiger partial charge < -0.3 is 9.53 Å². The van der Waals surface area contributed by atoms with E-state index >= 15 is 0 Å². The molecule has 2 aromatic rings. The average molecular weight is 600 g/mol. The number of hydrogen-bond donors (Lipinski definition) is 1. The second kappa shape index (κ2) is 11.2. The number of benzene rings is 1. The molecule has 5 rings (SSSR count). The lowest BCUT2D eigenvalue weighted by Gasteiger charge is -2.41. The third-order valence-electron chi connectivity index (χ3n) is 10.5. The van der Waals surface area contributed by atoms with Crippen LogP contribution in [0.4, 0.5) is 13.2 Å². The quantitative estimate of drug-likeness (QED) is 0.265. The first-order chi connectivity index (χ1) is 19.5. The molecule has 230 valence electrons. The third-order valence-corrected chi connectivity index (χ3v) is 15.0. The summed E-state index contributed by atoms with van der Waals surface area (Å²) in [6.07, 6.45) is 6.88. The summed E-state index contributed by atoms with van der Waals surface area (Å²) < 4.78 is 47.2. The molecule has 3 atom stereocenters. The van der Waals surface area contributed by atoms with Crippen LogP contribution in [0.5, 0.6) is 0 Å². The van der Waals surface area contributed by atoms with Crippen molar-refractivity contribution in [1.82, 2.24) is 4.98 Å². The Bertz CT molecular complexity index is 1320. The van der Waals surface area contributed by atoms with E-state index in [1.165, 1.54) is 23.3 Å². The van der Waals surface area contributed by atoms with E-state index in [-0.39, 0.29) is 22.5 Å². The molecular formula is C35H48F3NO2Si. The Labute approximate surface area is 251 Å². The highest BCUT2D eigenvalue weighted by molar-refractivity contribution is 6.74. The molecule has 0 radical (unpaired) electrons. The van der Waals surface area contributed by atoms with Crippen LogP contribution in [0.15, 0.2) is 36.4 Å². The van der Waals surface area contributed by atoms with Crippen molar-refractivity contribution >= 4 is 8.32 Å². The Morgan fingerprint density at radius 3 is 2.29 bits per heavy atom. The summed E-state index contributed by atoms with van der Waals surface area (Å²) in [5.74, 6) is 0.208. The summed E-state index contributed by atoms with van der Waals surface area (Å²) in [6, 6.07) is 5.04. The highest BCUT2D eigenvalue weighted by Gasteiger charge is 2.44. The number of hydrogen-bond acceptors (Lipinski definition) is 3. The van der Waals surface area contributed by atoms with Crippen molar-refractivity contribution in [1.29, 1.82) is 0 Å². The predicted octanol–water partition coefficient (Wildman–Crippen LogP) is 9.79. The van der Waals surface area contributed by atoms with Crippen LogP contribution in [0.25, 0.3) is 0 Å². The van der Waals surface area contributed by atoms with Crippen LogP contribution in [0, 0.1) is 5.41 Å². The number of rotatable bonds is 6. The lowest BCUT2D eigenvalue weighted by molar-refractivity contribution is -0.137. The van der Waals surface area contributed by atoms with Gasteiger partial charge in [0, 0.05) is 17.2 Å². The second-order valence-corrected chi connectivity index (χ2v) is 20.0. The standard InChI is InChI=1S/C35H48F3NO2Si/c1-33(2,3)42(6,7)41-28-14-10-13-26(28)31-30(32(40)23-15-17-24(18-16-23)35(36,37)38)29(22-11-8-9-12-22)25-19-20-34(4,5)21-27(25)39-31/h10,13,15-18,22,26,28,32,40H,8-9,11-12,14,19-21H2,1-7H3/t26-,28?,32?/m1/s1. The molecule has 1 fully saturated rings. The van der Waals surface area contributed by atoms with Gasteiger partial charge in [-0.3, -0.25) is 4.98 Å². The minimum Gasteiger partial charge on any atom is -0.413 e. The Morgan fingerprint density at radius 1 is 1.05 bits per heavy atom. The van der Waals surface area contributed by atoms with Gasteiger partial charge in [0.05, 0.1) is 17.4 Å². The summed E-state index contributed by atoms with van der Waals surface area (Å²) >= 11 is 0. The molecule has 7 heteroatoms. The Morgan fingerprint density at radius 2 is 1.69 bits per heavy atom. The van der Waals surface area contributed by atoms with E-state index in [2.05, 4.69) is 59.9 Å². The summed E-state index contributed by atoms with van der Waals surface area (Å²) in [5, 5.41) is 12.2. The van der Waals surface area contributed by atoms with Crippen LogP contribution < -0.4 is 0 Å². The predicted molar refractivity (Wildman–Crippen MR) is 165 cm³/mol.